The predicted octanol–water partition coefficient (Wildman–Crippen LogP) is -1.61. The molecule has 0 fully saturated rings. The van der Waals surface area contributed by atoms with Crippen molar-refractivity contribution in [3.63, 3.8) is 0 Å². The average molecular weight is 145 g/mol. The zero-order valence-corrected chi connectivity index (χ0v) is 5.09. The summed E-state index contributed by atoms with van der Waals surface area (Å²) >= 11 is 0. The van der Waals surface area contributed by atoms with Crippen molar-refractivity contribution in [3.05, 3.63) is 0 Å². The maximum absolute atomic E-state index is 10.1. The van der Waals surface area contributed by atoms with Crippen LogP contribution in [0.25, 0.3) is 0 Å². The smallest absolute Gasteiger partial charge is 0.244 e. The van der Waals surface area contributed by atoms with Crippen molar-refractivity contribution >= 4 is 27.5 Å². The SMILES string of the molecule is NC1=NC=NC1=S(=O)=O. The zero-order valence-electron chi connectivity index (χ0n) is 4.27. The third-order valence-corrected chi connectivity index (χ3v) is 1.38. The van der Waals surface area contributed by atoms with E-state index in [4.69, 9.17) is 5.73 Å². The van der Waals surface area contributed by atoms with E-state index in [9.17, 15) is 8.42 Å². The highest BCUT2D eigenvalue weighted by atomic mass is 32.2. The van der Waals surface area contributed by atoms with Gasteiger partial charge in [-0.25, -0.2) is 9.98 Å². The fourth-order valence-electron chi connectivity index (χ4n) is 0.393. The summed E-state index contributed by atoms with van der Waals surface area (Å²) in [6.07, 6.45) is 1.10. The van der Waals surface area contributed by atoms with Crippen LogP contribution < -0.4 is 5.73 Å². The second-order valence-corrected chi connectivity index (χ2v) is 2.15. The van der Waals surface area contributed by atoms with E-state index in [-0.39, 0.29) is 10.8 Å². The van der Waals surface area contributed by atoms with Crippen molar-refractivity contribution in [2.45, 2.75) is 0 Å². The van der Waals surface area contributed by atoms with Crippen molar-refractivity contribution in [3.8, 4) is 0 Å². The Kier molecular flexibility index (Phi) is 1.31. The van der Waals surface area contributed by atoms with E-state index in [0.717, 1.165) is 6.34 Å². The van der Waals surface area contributed by atoms with Crippen molar-refractivity contribution in [1.29, 1.82) is 0 Å². The Morgan fingerprint density at radius 3 is 2.44 bits per heavy atom. The van der Waals surface area contributed by atoms with Crippen molar-refractivity contribution < 1.29 is 8.42 Å². The molecule has 0 spiro atoms. The van der Waals surface area contributed by atoms with E-state index < -0.39 is 10.3 Å². The lowest BCUT2D eigenvalue weighted by atomic mass is 10.6. The fraction of sp³-hybridized carbons (Fsp3) is 0. The van der Waals surface area contributed by atoms with Gasteiger partial charge in [0.1, 0.15) is 6.34 Å². The first-order chi connectivity index (χ1) is 4.22. The van der Waals surface area contributed by atoms with Gasteiger partial charge in [-0.3, -0.25) is 0 Å². The van der Waals surface area contributed by atoms with Gasteiger partial charge in [-0.2, -0.15) is 8.42 Å². The van der Waals surface area contributed by atoms with E-state index >= 15 is 0 Å². The van der Waals surface area contributed by atoms with E-state index in [1.54, 1.807) is 0 Å². The number of rotatable bonds is 0. The molecule has 0 radical (unpaired) electrons. The Labute approximate surface area is 52.5 Å². The number of nitrogens with zero attached hydrogens (tertiary/aromatic N) is 2. The molecule has 0 saturated heterocycles. The monoisotopic (exact) mass is 145 g/mol. The Morgan fingerprint density at radius 2 is 2.22 bits per heavy atom. The molecule has 0 bridgehead atoms. The highest BCUT2D eigenvalue weighted by Crippen LogP contribution is 1.84. The number of hydrogen-bond acceptors (Lipinski definition) is 4. The minimum absolute atomic E-state index is 0.0525. The summed E-state index contributed by atoms with van der Waals surface area (Å²) in [6.45, 7) is 0. The van der Waals surface area contributed by atoms with Gasteiger partial charge in [0.05, 0.1) is 0 Å². The predicted molar refractivity (Wildman–Crippen MR) is 34.0 cm³/mol. The lowest BCUT2D eigenvalue weighted by Gasteiger charge is -1.80. The first-order valence-corrected chi connectivity index (χ1v) is 3.11. The van der Waals surface area contributed by atoms with E-state index in [0.29, 0.717) is 0 Å². The molecule has 2 N–H and O–H groups in total. The Bertz CT molecular complexity index is 302. The molecule has 0 aliphatic carbocycles. The van der Waals surface area contributed by atoms with E-state index in [1.807, 2.05) is 0 Å². The first-order valence-electron chi connectivity index (χ1n) is 2.04. The summed E-state index contributed by atoms with van der Waals surface area (Å²) in [6, 6.07) is 0. The molecule has 6 heteroatoms. The van der Waals surface area contributed by atoms with Gasteiger partial charge in [0, 0.05) is 0 Å². The van der Waals surface area contributed by atoms with Crippen LogP contribution in [0.2, 0.25) is 0 Å². The quantitative estimate of drug-likeness (QED) is 0.416. The maximum atomic E-state index is 10.1. The zero-order chi connectivity index (χ0) is 6.85. The Hall–Kier alpha value is -1.17. The Morgan fingerprint density at radius 1 is 1.56 bits per heavy atom. The molecule has 0 amide bonds. The van der Waals surface area contributed by atoms with Gasteiger partial charge < -0.3 is 5.73 Å². The summed E-state index contributed by atoms with van der Waals surface area (Å²) < 4.78 is 20.2. The highest BCUT2D eigenvalue weighted by molar-refractivity contribution is 7.74. The summed E-state index contributed by atoms with van der Waals surface area (Å²) in [5.74, 6) is -0.0525. The molecule has 9 heavy (non-hydrogen) atoms. The Balaban J connectivity index is 3.32. The number of nitrogens with two attached hydrogens (primary N) is 1. The average Bonchev–Trinajstić information content (AvgIpc) is 2.13. The molecule has 0 atom stereocenters. The molecular weight excluding hydrogens is 142 g/mol. The van der Waals surface area contributed by atoms with Gasteiger partial charge in [-0.05, 0) is 0 Å². The van der Waals surface area contributed by atoms with Crippen molar-refractivity contribution in [2.75, 3.05) is 0 Å². The third kappa shape index (κ3) is 0.968. The number of aliphatic imine (C=N–C) groups is 2. The van der Waals surface area contributed by atoms with Gasteiger partial charge in [0.25, 0.3) is 0 Å². The summed E-state index contributed by atoms with van der Waals surface area (Å²) in [4.78, 5) is 6.59. The van der Waals surface area contributed by atoms with Gasteiger partial charge in [-0.15, -0.1) is 0 Å². The number of hydrogen-bond donors (Lipinski definition) is 1. The van der Waals surface area contributed by atoms with Crippen LogP contribution in [-0.4, -0.2) is 25.6 Å². The van der Waals surface area contributed by atoms with E-state index in [1.165, 1.54) is 0 Å². The van der Waals surface area contributed by atoms with Crippen LogP contribution in [0.3, 0.4) is 0 Å². The van der Waals surface area contributed by atoms with Crippen LogP contribution >= 0.6 is 0 Å². The fourth-order valence-corrected chi connectivity index (χ4v) is 0.750. The van der Waals surface area contributed by atoms with Crippen molar-refractivity contribution in [1.82, 2.24) is 0 Å². The normalized spacial score (nSPS) is 16.0. The van der Waals surface area contributed by atoms with Gasteiger partial charge in [0.15, 0.2) is 5.84 Å². The summed E-state index contributed by atoms with van der Waals surface area (Å²) in [5.41, 5.74) is 5.07. The summed E-state index contributed by atoms with van der Waals surface area (Å²) in [5, 5.41) is 0. The molecule has 1 aliphatic heterocycles. The van der Waals surface area contributed by atoms with Gasteiger partial charge in [0.2, 0.25) is 15.3 Å². The second-order valence-electron chi connectivity index (χ2n) is 1.30. The third-order valence-electron chi connectivity index (χ3n) is 0.749. The molecule has 0 aromatic carbocycles. The molecule has 1 rings (SSSR count). The van der Waals surface area contributed by atoms with Crippen LogP contribution in [0, 0.1) is 0 Å². The van der Waals surface area contributed by atoms with Crippen LogP contribution in [0.15, 0.2) is 9.98 Å². The topological polar surface area (TPSA) is 84.9 Å². The molecule has 48 valence electrons. The second kappa shape index (κ2) is 1.98. The molecule has 1 aliphatic rings. The van der Waals surface area contributed by atoms with Gasteiger partial charge in [-0.1, -0.05) is 0 Å². The van der Waals surface area contributed by atoms with Crippen molar-refractivity contribution in [2.24, 2.45) is 15.7 Å². The molecule has 5 nitrogen and oxygen atoms in total. The lowest BCUT2D eigenvalue weighted by Crippen LogP contribution is -2.19. The van der Waals surface area contributed by atoms with E-state index in [2.05, 4.69) is 9.98 Å². The van der Waals surface area contributed by atoms with Crippen LogP contribution in [0.1, 0.15) is 0 Å². The summed E-state index contributed by atoms with van der Waals surface area (Å²) in [7, 11) is -2.36. The van der Waals surface area contributed by atoms with Crippen LogP contribution in [0.4, 0.5) is 0 Å². The minimum Gasteiger partial charge on any atom is -0.381 e. The molecular formula is C3H3N3O2S. The lowest BCUT2D eigenvalue weighted by molar-refractivity contribution is 0.627. The molecule has 1 heterocycles. The largest absolute Gasteiger partial charge is 0.381 e. The van der Waals surface area contributed by atoms with Crippen LogP contribution in [0.5, 0.6) is 0 Å². The molecule has 0 saturated carbocycles. The molecule has 0 aromatic rings. The first kappa shape index (κ1) is 5.96. The van der Waals surface area contributed by atoms with Gasteiger partial charge >= 0.3 is 0 Å². The molecule has 0 aromatic heterocycles. The van der Waals surface area contributed by atoms with Crippen LogP contribution in [-0.2, 0) is 10.3 Å². The number of amidine groups is 1. The maximum Gasteiger partial charge on any atom is 0.244 e. The molecule has 0 unspecified atom stereocenters. The highest BCUT2D eigenvalue weighted by Gasteiger charge is 2.07. The minimum atomic E-state index is -2.36. The standard InChI is InChI=1S/C3H3N3O2S/c4-2-3(9(7)8)6-1-5-2/h1H,(H2,4,5,6).